The van der Waals surface area contributed by atoms with Crippen LogP contribution in [0.5, 0.6) is 5.75 Å². The SMILES string of the molecule is O=C(COc1cccc([N+](=O)[O-])c1)N[C@@H](Cc1ccccc1)c1ccccc1. The molecule has 142 valence electrons. The summed E-state index contributed by atoms with van der Waals surface area (Å²) < 4.78 is 5.43. The standard InChI is InChI=1S/C22H20N2O4/c25-22(16-28-20-13-7-12-19(15-20)24(26)27)23-21(18-10-5-2-6-11-18)14-17-8-3-1-4-9-17/h1-13,15,21H,14,16H2,(H,23,25)/t21-/m0/s1. The van der Waals surface area contributed by atoms with E-state index in [9.17, 15) is 14.9 Å². The van der Waals surface area contributed by atoms with Gasteiger partial charge in [-0.2, -0.15) is 0 Å². The predicted octanol–water partition coefficient (Wildman–Crippen LogP) is 4.07. The fraction of sp³-hybridized carbons (Fsp3) is 0.136. The van der Waals surface area contributed by atoms with E-state index in [1.807, 2.05) is 60.7 Å². The number of ether oxygens (including phenoxy) is 1. The van der Waals surface area contributed by atoms with Crippen LogP contribution in [0, 0.1) is 10.1 Å². The van der Waals surface area contributed by atoms with Gasteiger partial charge in [-0.05, 0) is 23.6 Å². The van der Waals surface area contributed by atoms with Gasteiger partial charge in [-0.15, -0.1) is 0 Å². The molecule has 1 N–H and O–H groups in total. The summed E-state index contributed by atoms with van der Waals surface area (Å²) in [6, 6.07) is 25.2. The van der Waals surface area contributed by atoms with Crippen LogP contribution in [0.2, 0.25) is 0 Å². The van der Waals surface area contributed by atoms with E-state index in [1.165, 1.54) is 18.2 Å². The Hall–Kier alpha value is -3.67. The summed E-state index contributed by atoms with van der Waals surface area (Å²) in [7, 11) is 0. The highest BCUT2D eigenvalue weighted by molar-refractivity contribution is 5.78. The summed E-state index contributed by atoms with van der Waals surface area (Å²) in [4.78, 5) is 22.8. The molecule has 0 aliphatic heterocycles. The van der Waals surface area contributed by atoms with E-state index < -0.39 is 4.92 Å². The predicted molar refractivity (Wildman–Crippen MR) is 106 cm³/mol. The summed E-state index contributed by atoms with van der Waals surface area (Å²) in [6.45, 7) is -0.223. The summed E-state index contributed by atoms with van der Waals surface area (Å²) in [5.74, 6) is -0.0139. The average Bonchev–Trinajstić information content (AvgIpc) is 2.73. The van der Waals surface area contributed by atoms with Crippen LogP contribution in [0.25, 0.3) is 0 Å². The molecule has 0 fully saturated rings. The van der Waals surface area contributed by atoms with Gasteiger partial charge in [-0.3, -0.25) is 14.9 Å². The molecule has 0 aliphatic carbocycles. The second kappa shape index (κ2) is 9.32. The van der Waals surface area contributed by atoms with E-state index in [0.29, 0.717) is 6.42 Å². The van der Waals surface area contributed by atoms with Crippen molar-refractivity contribution in [2.45, 2.75) is 12.5 Å². The maximum atomic E-state index is 12.4. The Morgan fingerprint density at radius 2 is 1.64 bits per heavy atom. The first-order valence-corrected chi connectivity index (χ1v) is 8.87. The highest BCUT2D eigenvalue weighted by atomic mass is 16.6. The molecule has 0 radical (unpaired) electrons. The van der Waals surface area contributed by atoms with Gasteiger partial charge in [0, 0.05) is 6.07 Å². The molecule has 0 spiro atoms. The van der Waals surface area contributed by atoms with E-state index in [1.54, 1.807) is 6.07 Å². The molecule has 3 aromatic carbocycles. The van der Waals surface area contributed by atoms with Crippen molar-refractivity contribution < 1.29 is 14.5 Å². The lowest BCUT2D eigenvalue weighted by Crippen LogP contribution is -2.33. The zero-order valence-corrected chi connectivity index (χ0v) is 15.2. The monoisotopic (exact) mass is 376 g/mol. The maximum absolute atomic E-state index is 12.4. The summed E-state index contributed by atoms with van der Waals surface area (Å²) in [5.41, 5.74) is 2.02. The van der Waals surface area contributed by atoms with Crippen molar-refractivity contribution in [3.05, 3.63) is 106 Å². The lowest BCUT2D eigenvalue weighted by Gasteiger charge is -2.19. The molecule has 3 aromatic rings. The molecular formula is C22H20N2O4. The first kappa shape index (κ1) is 19.1. The molecule has 0 heterocycles. The number of non-ortho nitro benzene ring substituents is 1. The number of hydrogen-bond donors (Lipinski definition) is 1. The smallest absolute Gasteiger partial charge is 0.273 e. The minimum Gasteiger partial charge on any atom is -0.484 e. The van der Waals surface area contributed by atoms with Gasteiger partial charge in [0.2, 0.25) is 0 Å². The zero-order chi connectivity index (χ0) is 19.8. The third-order valence-electron chi connectivity index (χ3n) is 4.22. The Morgan fingerprint density at radius 1 is 0.964 bits per heavy atom. The van der Waals surface area contributed by atoms with Crippen LogP contribution >= 0.6 is 0 Å². The number of rotatable bonds is 8. The Kier molecular flexibility index (Phi) is 6.36. The van der Waals surface area contributed by atoms with E-state index >= 15 is 0 Å². The Bertz CT molecular complexity index is 930. The molecule has 0 aliphatic rings. The molecule has 0 saturated carbocycles. The molecule has 0 saturated heterocycles. The lowest BCUT2D eigenvalue weighted by atomic mass is 9.99. The Balaban J connectivity index is 1.65. The molecule has 28 heavy (non-hydrogen) atoms. The largest absolute Gasteiger partial charge is 0.484 e. The van der Waals surface area contributed by atoms with Crippen LogP contribution in [0.3, 0.4) is 0 Å². The Morgan fingerprint density at radius 3 is 2.32 bits per heavy atom. The quantitative estimate of drug-likeness (QED) is 0.474. The van der Waals surface area contributed by atoms with Crippen molar-refractivity contribution in [3.63, 3.8) is 0 Å². The summed E-state index contributed by atoms with van der Waals surface area (Å²) >= 11 is 0. The number of nitro groups is 1. The first-order valence-electron chi connectivity index (χ1n) is 8.87. The highest BCUT2D eigenvalue weighted by Gasteiger charge is 2.16. The summed E-state index contributed by atoms with van der Waals surface area (Å²) in [6.07, 6.45) is 0.646. The van der Waals surface area contributed by atoms with E-state index in [0.717, 1.165) is 11.1 Å². The molecule has 0 bridgehead atoms. The first-order chi connectivity index (χ1) is 13.6. The number of nitro benzene ring substituents is 1. The normalized spacial score (nSPS) is 11.4. The lowest BCUT2D eigenvalue weighted by molar-refractivity contribution is -0.384. The van der Waals surface area contributed by atoms with Gasteiger partial charge in [0.15, 0.2) is 6.61 Å². The van der Waals surface area contributed by atoms with Crippen LogP contribution in [0.15, 0.2) is 84.9 Å². The van der Waals surface area contributed by atoms with Crippen LogP contribution in [-0.4, -0.2) is 17.4 Å². The van der Waals surface area contributed by atoms with Crippen molar-refractivity contribution in [1.29, 1.82) is 0 Å². The number of hydrogen-bond acceptors (Lipinski definition) is 4. The van der Waals surface area contributed by atoms with Gasteiger partial charge >= 0.3 is 0 Å². The average molecular weight is 376 g/mol. The van der Waals surface area contributed by atoms with E-state index in [4.69, 9.17) is 4.74 Å². The molecule has 1 amide bonds. The molecule has 0 aromatic heterocycles. The van der Waals surface area contributed by atoms with Crippen LogP contribution in [0.1, 0.15) is 17.2 Å². The van der Waals surface area contributed by atoms with Gasteiger partial charge in [0.05, 0.1) is 17.0 Å². The number of carbonyl (C=O) groups excluding carboxylic acids is 1. The highest BCUT2D eigenvalue weighted by Crippen LogP contribution is 2.20. The minimum atomic E-state index is -0.502. The van der Waals surface area contributed by atoms with Crippen molar-refractivity contribution in [2.24, 2.45) is 0 Å². The fourth-order valence-corrected chi connectivity index (χ4v) is 2.86. The number of carbonyl (C=O) groups is 1. The Labute approximate surface area is 162 Å². The van der Waals surface area contributed by atoms with E-state index in [2.05, 4.69) is 5.32 Å². The second-order valence-corrected chi connectivity index (χ2v) is 6.26. The molecule has 6 nitrogen and oxygen atoms in total. The van der Waals surface area contributed by atoms with Crippen LogP contribution in [-0.2, 0) is 11.2 Å². The number of amides is 1. The van der Waals surface area contributed by atoms with Gasteiger partial charge in [0.1, 0.15) is 5.75 Å². The number of benzene rings is 3. The third-order valence-corrected chi connectivity index (χ3v) is 4.22. The molecule has 1 atom stereocenters. The minimum absolute atomic E-state index is 0.0795. The molecular weight excluding hydrogens is 356 g/mol. The van der Waals surface area contributed by atoms with Crippen molar-refractivity contribution in [3.8, 4) is 5.75 Å². The number of nitrogens with one attached hydrogen (secondary N) is 1. The maximum Gasteiger partial charge on any atom is 0.273 e. The summed E-state index contributed by atoms with van der Waals surface area (Å²) in [5, 5.41) is 13.8. The van der Waals surface area contributed by atoms with Crippen LogP contribution in [0.4, 0.5) is 5.69 Å². The van der Waals surface area contributed by atoms with E-state index in [-0.39, 0.29) is 30.0 Å². The van der Waals surface area contributed by atoms with Crippen LogP contribution < -0.4 is 10.1 Å². The second-order valence-electron chi connectivity index (χ2n) is 6.26. The number of nitrogens with zero attached hydrogens (tertiary/aromatic N) is 1. The van der Waals surface area contributed by atoms with Gasteiger partial charge in [-0.25, -0.2) is 0 Å². The van der Waals surface area contributed by atoms with Gasteiger partial charge < -0.3 is 10.1 Å². The molecule has 3 rings (SSSR count). The van der Waals surface area contributed by atoms with Crippen molar-refractivity contribution >= 4 is 11.6 Å². The topological polar surface area (TPSA) is 81.5 Å². The molecule has 6 heteroatoms. The van der Waals surface area contributed by atoms with Gasteiger partial charge in [-0.1, -0.05) is 66.7 Å². The molecule has 0 unspecified atom stereocenters. The fourth-order valence-electron chi connectivity index (χ4n) is 2.86. The zero-order valence-electron chi connectivity index (χ0n) is 15.2. The third kappa shape index (κ3) is 5.41. The van der Waals surface area contributed by atoms with Crippen molar-refractivity contribution in [2.75, 3.05) is 6.61 Å². The van der Waals surface area contributed by atoms with Crippen molar-refractivity contribution in [1.82, 2.24) is 5.32 Å². The van der Waals surface area contributed by atoms with Gasteiger partial charge in [0.25, 0.3) is 11.6 Å².